The van der Waals surface area contributed by atoms with Gasteiger partial charge in [-0.15, -0.1) is 0 Å². The Morgan fingerprint density at radius 3 is 1.83 bits per heavy atom. The molecule has 0 unspecified atom stereocenters. The molecule has 3 aromatic rings. The summed E-state index contributed by atoms with van der Waals surface area (Å²) in [6.45, 7) is 4.20. The van der Waals surface area contributed by atoms with Gasteiger partial charge >= 0.3 is 0 Å². The third-order valence-corrected chi connectivity index (χ3v) is 6.55. The molecule has 0 spiro atoms. The Balaban J connectivity index is 2.04. The van der Waals surface area contributed by atoms with Gasteiger partial charge in [-0.25, -0.2) is 0 Å². The summed E-state index contributed by atoms with van der Waals surface area (Å²) in [6, 6.07) is 30.7. The van der Waals surface area contributed by atoms with Crippen molar-refractivity contribution in [2.45, 2.75) is 19.9 Å². The molecule has 1 nitrogen and oxygen atoms in total. The molecular formula is C22H24NP. The van der Waals surface area contributed by atoms with Crippen LogP contribution in [0.4, 0.5) is 0 Å². The fourth-order valence-electron chi connectivity index (χ4n) is 2.86. The number of hydrogen-bond donors (Lipinski definition) is 1. The Hall–Kier alpha value is -1.95. The summed E-state index contributed by atoms with van der Waals surface area (Å²) < 4.78 is 0. The second-order valence-electron chi connectivity index (χ2n) is 5.81. The first kappa shape index (κ1) is 16.9. The maximum atomic E-state index is 3.56. The summed E-state index contributed by atoms with van der Waals surface area (Å²) in [4.78, 5) is 0. The highest BCUT2D eigenvalue weighted by molar-refractivity contribution is 7.79. The number of hydrogen-bond acceptors (Lipinski definition) is 1. The lowest BCUT2D eigenvalue weighted by Gasteiger charge is -2.22. The zero-order chi connectivity index (χ0) is 16.6. The van der Waals surface area contributed by atoms with E-state index in [1.165, 1.54) is 21.5 Å². The molecule has 0 fully saturated rings. The lowest BCUT2D eigenvalue weighted by molar-refractivity contribution is 0.677. The van der Waals surface area contributed by atoms with Crippen LogP contribution in [0, 0.1) is 0 Å². The van der Waals surface area contributed by atoms with Crippen molar-refractivity contribution in [3.8, 4) is 0 Å². The Morgan fingerprint density at radius 2 is 1.25 bits per heavy atom. The lowest BCUT2D eigenvalue weighted by atomic mass is 10.2. The average molecular weight is 333 g/mol. The molecule has 0 aliphatic carbocycles. The van der Waals surface area contributed by atoms with Crippen LogP contribution in [0.1, 0.15) is 18.9 Å². The van der Waals surface area contributed by atoms with Gasteiger partial charge in [0.2, 0.25) is 0 Å². The molecule has 0 bridgehead atoms. The largest absolute Gasteiger partial charge is 0.313 e. The van der Waals surface area contributed by atoms with Crippen molar-refractivity contribution in [1.82, 2.24) is 5.32 Å². The molecule has 2 heteroatoms. The molecule has 3 rings (SSSR count). The van der Waals surface area contributed by atoms with E-state index in [0.29, 0.717) is 0 Å². The summed E-state index contributed by atoms with van der Waals surface area (Å²) in [5.41, 5.74) is 1.41. The van der Waals surface area contributed by atoms with Crippen molar-refractivity contribution < 1.29 is 0 Å². The SMILES string of the molecule is CCCNCc1ccccc1P(c1ccccc1)c1ccccc1. The van der Waals surface area contributed by atoms with Gasteiger partial charge in [0.1, 0.15) is 0 Å². The van der Waals surface area contributed by atoms with Gasteiger partial charge < -0.3 is 5.32 Å². The van der Waals surface area contributed by atoms with Crippen LogP contribution in [0.15, 0.2) is 84.9 Å². The van der Waals surface area contributed by atoms with E-state index >= 15 is 0 Å². The van der Waals surface area contributed by atoms with Gasteiger partial charge in [-0.3, -0.25) is 0 Å². The second kappa shape index (κ2) is 8.78. The molecule has 0 radical (unpaired) electrons. The zero-order valence-electron chi connectivity index (χ0n) is 14.2. The van der Waals surface area contributed by atoms with Crippen molar-refractivity contribution >= 4 is 23.8 Å². The minimum absolute atomic E-state index is 0.528. The number of rotatable bonds is 7. The molecule has 0 aromatic heterocycles. The van der Waals surface area contributed by atoms with E-state index in [-0.39, 0.29) is 0 Å². The van der Waals surface area contributed by atoms with E-state index in [2.05, 4.69) is 97.2 Å². The van der Waals surface area contributed by atoms with Crippen LogP contribution >= 0.6 is 7.92 Å². The van der Waals surface area contributed by atoms with E-state index in [4.69, 9.17) is 0 Å². The normalized spacial score (nSPS) is 10.9. The highest BCUT2D eigenvalue weighted by Gasteiger charge is 2.18. The van der Waals surface area contributed by atoms with Crippen molar-refractivity contribution in [3.05, 3.63) is 90.5 Å². The molecular weight excluding hydrogens is 309 g/mol. The minimum atomic E-state index is -0.528. The summed E-state index contributed by atoms with van der Waals surface area (Å²) in [6.07, 6.45) is 1.16. The molecule has 0 atom stereocenters. The molecule has 24 heavy (non-hydrogen) atoms. The third-order valence-electron chi connectivity index (χ3n) is 4.00. The monoisotopic (exact) mass is 333 g/mol. The Morgan fingerprint density at radius 1 is 0.708 bits per heavy atom. The summed E-state index contributed by atoms with van der Waals surface area (Å²) in [7, 11) is -0.528. The zero-order valence-corrected chi connectivity index (χ0v) is 15.0. The van der Waals surface area contributed by atoms with E-state index in [0.717, 1.165) is 19.5 Å². The first-order valence-electron chi connectivity index (χ1n) is 8.59. The van der Waals surface area contributed by atoms with Gasteiger partial charge in [0.25, 0.3) is 0 Å². The van der Waals surface area contributed by atoms with Gasteiger partial charge in [-0.1, -0.05) is 91.9 Å². The van der Waals surface area contributed by atoms with Gasteiger partial charge in [0.15, 0.2) is 0 Å². The van der Waals surface area contributed by atoms with Crippen molar-refractivity contribution in [2.24, 2.45) is 0 Å². The molecule has 0 amide bonds. The van der Waals surface area contributed by atoms with E-state index in [9.17, 15) is 0 Å². The van der Waals surface area contributed by atoms with Crippen LogP contribution < -0.4 is 21.2 Å². The molecule has 0 heterocycles. The standard InChI is InChI=1S/C22H24NP/c1-2-17-23-18-19-11-9-10-16-22(19)24(20-12-5-3-6-13-20)21-14-7-4-8-15-21/h3-16,23H,2,17-18H2,1H3. The molecule has 0 aliphatic rings. The highest BCUT2D eigenvalue weighted by Crippen LogP contribution is 2.33. The molecule has 122 valence electrons. The fraction of sp³-hybridized carbons (Fsp3) is 0.182. The first-order valence-corrected chi connectivity index (χ1v) is 9.93. The van der Waals surface area contributed by atoms with Crippen molar-refractivity contribution in [3.63, 3.8) is 0 Å². The maximum Gasteiger partial charge on any atom is 0.0212 e. The van der Waals surface area contributed by atoms with Gasteiger partial charge in [0, 0.05) is 6.54 Å². The van der Waals surface area contributed by atoms with E-state index in [1.54, 1.807) is 0 Å². The Bertz CT molecular complexity index is 701. The molecule has 1 N–H and O–H groups in total. The highest BCUT2D eigenvalue weighted by atomic mass is 31.1. The summed E-state index contributed by atoms with van der Waals surface area (Å²) in [5, 5.41) is 7.82. The van der Waals surface area contributed by atoms with Crippen LogP contribution in [-0.4, -0.2) is 6.54 Å². The van der Waals surface area contributed by atoms with Gasteiger partial charge in [-0.2, -0.15) is 0 Å². The third kappa shape index (κ3) is 4.12. The smallest absolute Gasteiger partial charge is 0.0212 e. The first-order chi connectivity index (χ1) is 11.9. The topological polar surface area (TPSA) is 12.0 Å². The number of benzene rings is 3. The Labute approximate surface area is 146 Å². The summed E-state index contributed by atoms with van der Waals surface area (Å²) >= 11 is 0. The van der Waals surface area contributed by atoms with E-state index in [1.807, 2.05) is 0 Å². The van der Waals surface area contributed by atoms with Crippen LogP contribution in [0.5, 0.6) is 0 Å². The van der Waals surface area contributed by atoms with Gasteiger partial charge in [0.05, 0.1) is 0 Å². The quantitative estimate of drug-likeness (QED) is 0.510. The molecule has 0 aliphatic heterocycles. The second-order valence-corrected chi connectivity index (χ2v) is 8.00. The molecule has 0 saturated heterocycles. The molecule has 0 saturated carbocycles. The van der Waals surface area contributed by atoms with Crippen LogP contribution in [0.3, 0.4) is 0 Å². The minimum Gasteiger partial charge on any atom is -0.313 e. The summed E-state index contributed by atoms with van der Waals surface area (Å²) in [5.74, 6) is 0. The Kier molecular flexibility index (Phi) is 6.18. The fourth-order valence-corrected chi connectivity index (χ4v) is 5.33. The molecule has 3 aromatic carbocycles. The lowest BCUT2D eigenvalue weighted by Crippen LogP contribution is -2.26. The average Bonchev–Trinajstić information content (AvgIpc) is 2.65. The van der Waals surface area contributed by atoms with Crippen molar-refractivity contribution in [2.75, 3.05) is 6.54 Å². The van der Waals surface area contributed by atoms with Crippen molar-refractivity contribution in [1.29, 1.82) is 0 Å². The maximum absolute atomic E-state index is 3.56. The van der Waals surface area contributed by atoms with Gasteiger partial charge in [-0.05, 0) is 42.4 Å². The van der Waals surface area contributed by atoms with Crippen LogP contribution in [0.25, 0.3) is 0 Å². The van der Waals surface area contributed by atoms with Crippen LogP contribution in [-0.2, 0) is 6.54 Å². The van der Waals surface area contributed by atoms with E-state index < -0.39 is 7.92 Å². The predicted octanol–water partition coefficient (Wildman–Crippen LogP) is 3.94. The number of nitrogens with one attached hydrogen (secondary N) is 1. The predicted molar refractivity (Wildman–Crippen MR) is 107 cm³/mol. The van der Waals surface area contributed by atoms with Crippen LogP contribution in [0.2, 0.25) is 0 Å².